The van der Waals surface area contributed by atoms with Gasteiger partial charge < -0.3 is 9.47 Å². The summed E-state index contributed by atoms with van der Waals surface area (Å²) in [5.74, 6) is -0.638. The van der Waals surface area contributed by atoms with E-state index in [9.17, 15) is 9.59 Å². The fraction of sp³-hybridized carbons (Fsp3) is 0.778. The lowest BCUT2D eigenvalue weighted by molar-refractivity contribution is -0.146. The van der Waals surface area contributed by atoms with Gasteiger partial charge in [-0.3, -0.25) is 9.59 Å². The van der Waals surface area contributed by atoms with Crippen molar-refractivity contribution >= 4 is 11.8 Å². The molecule has 0 heterocycles. The third kappa shape index (κ3) is 7.46. The molecule has 0 aromatic carbocycles. The van der Waals surface area contributed by atoms with Crippen LogP contribution >= 0.6 is 0 Å². The number of carbonyl (C=O) groups is 2. The van der Waals surface area contributed by atoms with E-state index in [-0.39, 0.29) is 18.3 Å². The van der Waals surface area contributed by atoms with Crippen molar-refractivity contribution in [3.8, 4) is 0 Å². The van der Waals surface area contributed by atoms with E-state index in [1.54, 1.807) is 7.11 Å². The Hall–Kier alpha value is -0.900. The van der Waals surface area contributed by atoms with Crippen molar-refractivity contribution in [3.05, 3.63) is 0 Å². The molecule has 0 aliphatic rings. The predicted octanol–water partition coefficient (Wildman–Crippen LogP) is 0.934. The molecule has 1 atom stereocenters. The van der Waals surface area contributed by atoms with Gasteiger partial charge in [0, 0.05) is 13.5 Å². The highest BCUT2D eigenvalue weighted by atomic mass is 16.5. The molecule has 4 heteroatoms. The van der Waals surface area contributed by atoms with E-state index in [0.717, 1.165) is 0 Å². The molecular formula is C9H16O4. The number of carbonyl (C=O) groups excluding carboxylic acids is 2. The molecule has 0 fully saturated rings. The zero-order valence-corrected chi connectivity index (χ0v) is 8.33. The van der Waals surface area contributed by atoms with Crippen LogP contribution in [0.2, 0.25) is 0 Å². The number of ketones is 1. The molecule has 0 saturated heterocycles. The predicted molar refractivity (Wildman–Crippen MR) is 47.3 cm³/mol. The average molecular weight is 188 g/mol. The zero-order valence-electron chi connectivity index (χ0n) is 8.33. The minimum absolute atomic E-state index is 0.0742. The number of ether oxygens (including phenoxy) is 2. The van der Waals surface area contributed by atoms with Crippen LogP contribution in [0, 0.1) is 0 Å². The van der Waals surface area contributed by atoms with Crippen molar-refractivity contribution in [1.82, 2.24) is 0 Å². The van der Waals surface area contributed by atoms with Crippen molar-refractivity contribution in [1.29, 1.82) is 0 Å². The summed E-state index contributed by atoms with van der Waals surface area (Å²) >= 11 is 0. The highest BCUT2D eigenvalue weighted by Gasteiger charge is 2.07. The highest BCUT2D eigenvalue weighted by Crippen LogP contribution is 1.97. The summed E-state index contributed by atoms with van der Waals surface area (Å²) in [4.78, 5) is 21.3. The van der Waals surface area contributed by atoms with E-state index in [2.05, 4.69) is 0 Å². The average Bonchev–Trinajstić information content (AvgIpc) is 2.02. The van der Waals surface area contributed by atoms with Crippen LogP contribution in [0.25, 0.3) is 0 Å². The topological polar surface area (TPSA) is 52.6 Å². The first-order chi connectivity index (χ1) is 6.06. The third-order valence-electron chi connectivity index (χ3n) is 1.58. The molecule has 0 rings (SSSR count). The summed E-state index contributed by atoms with van der Waals surface area (Å²) in [5, 5.41) is 0. The van der Waals surface area contributed by atoms with Crippen molar-refractivity contribution in [3.63, 3.8) is 0 Å². The molecule has 0 saturated carbocycles. The first kappa shape index (κ1) is 12.1. The molecule has 0 spiro atoms. The number of Topliss-reactive ketones (excluding diaryl/α,β-unsaturated/α-hetero) is 1. The van der Waals surface area contributed by atoms with E-state index in [0.29, 0.717) is 13.0 Å². The lowest BCUT2D eigenvalue weighted by atomic mass is 10.3. The van der Waals surface area contributed by atoms with Crippen molar-refractivity contribution in [2.45, 2.75) is 32.8 Å². The van der Waals surface area contributed by atoms with Gasteiger partial charge in [0.2, 0.25) is 0 Å². The SMILES string of the molecule is COC(C)CCOC(=O)CC(C)=O. The van der Waals surface area contributed by atoms with E-state index in [1.807, 2.05) is 6.92 Å². The summed E-state index contributed by atoms with van der Waals surface area (Å²) in [6, 6.07) is 0. The van der Waals surface area contributed by atoms with Crippen LogP contribution in [0.1, 0.15) is 26.7 Å². The fourth-order valence-corrected chi connectivity index (χ4v) is 0.711. The molecule has 0 aliphatic carbocycles. The van der Waals surface area contributed by atoms with Crippen LogP contribution in [0.5, 0.6) is 0 Å². The maximum Gasteiger partial charge on any atom is 0.313 e. The van der Waals surface area contributed by atoms with Crippen molar-refractivity contribution < 1.29 is 19.1 Å². The number of esters is 1. The van der Waals surface area contributed by atoms with Gasteiger partial charge in [-0.1, -0.05) is 0 Å². The maximum atomic E-state index is 10.8. The molecule has 0 aromatic rings. The second-order valence-electron chi connectivity index (χ2n) is 2.93. The van der Waals surface area contributed by atoms with Crippen LogP contribution < -0.4 is 0 Å². The second kappa shape index (κ2) is 6.60. The largest absolute Gasteiger partial charge is 0.465 e. The first-order valence-electron chi connectivity index (χ1n) is 4.24. The maximum absolute atomic E-state index is 10.8. The Morgan fingerprint density at radius 2 is 2.00 bits per heavy atom. The highest BCUT2D eigenvalue weighted by molar-refractivity contribution is 5.94. The van der Waals surface area contributed by atoms with E-state index in [4.69, 9.17) is 9.47 Å². The monoisotopic (exact) mass is 188 g/mol. The Kier molecular flexibility index (Phi) is 6.14. The van der Waals surface area contributed by atoms with Gasteiger partial charge in [-0.2, -0.15) is 0 Å². The number of methoxy groups -OCH3 is 1. The number of hydrogen-bond donors (Lipinski definition) is 0. The molecule has 0 amide bonds. The van der Waals surface area contributed by atoms with Gasteiger partial charge in [0.1, 0.15) is 12.2 Å². The lowest BCUT2D eigenvalue weighted by Crippen LogP contribution is -2.14. The summed E-state index contributed by atoms with van der Waals surface area (Å²) < 4.78 is 9.74. The minimum atomic E-state index is -0.462. The second-order valence-corrected chi connectivity index (χ2v) is 2.93. The first-order valence-corrected chi connectivity index (χ1v) is 4.24. The number of rotatable bonds is 6. The fourth-order valence-electron chi connectivity index (χ4n) is 0.711. The van der Waals surface area contributed by atoms with E-state index < -0.39 is 5.97 Å². The van der Waals surface area contributed by atoms with Crippen molar-refractivity contribution in [2.75, 3.05) is 13.7 Å². The third-order valence-corrected chi connectivity index (χ3v) is 1.58. The lowest BCUT2D eigenvalue weighted by Gasteiger charge is -2.08. The van der Waals surface area contributed by atoms with Crippen LogP contribution in [0.4, 0.5) is 0 Å². The van der Waals surface area contributed by atoms with Crippen molar-refractivity contribution in [2.24, 2.45) is 0 Å². The van der Waals surface area contributed by atoms with E-state index in [1.165, 1.54) is 6.92 Å². The molecule has 13 heavy (non-hydrogen) atoms. The van der Waals surface area contributed by atoms with Gasteiger partial charge in [-0.15, -0.1) is 0 Å². The Bertz CT molecular complexity index is 176. The summed E-state index contributed by atoms with van der Waals surface area (Å²) in [5.41, 5.74) is 0. The Morgan fingerprint density at radius 1 is 1.38 bits per heavy atom. The van der Waals surface area contributed by atoms with Crippen LogP contribution in [0.3, 0.4) is 0 Å². The Morgan fingerprint density at radius 3 is 2.46 bits per heavy atom. The quantitative estimate of drug-likeness (QED) is 0.459. The van der Waals surface area contributed by atoms with Crippen LogP contribution in [-0.4, -0.2) is 31.6 Å². The zero-order chi connectivity index (χ0) is 10.3. The van der Waals surface area contributed by atoms with Gasteiger partial charge in [0.15, 0.2) is 0 Å². The Labute approximate surface area is 78.2 Å². The molecule has 0 N–H and O–H groups in total. The molecule has 0 aliphatic heterocycles. The normalized spacial score (nSPS) is 12.2. The molecule has 0 radical (unpaired) electrons. The summed E-state index contributed by atoms with van der Waals surface area (Å²) in [6.45, 7) is 3.55. The molecule has 76 valence electrons. The molecule has 4 nitrogen and oxygen atoms in total. The van der Waals surface area contributed by atoms with Gasteiger partial charge >= 0.3 is 5.97 Å². The molecule has 0 bridgehead atoms. The van der Waals surface area contributed by atoms with Gasteiger partial charge in [0.25, 0.3) is 0 Å². The van der Waals surface area contributed by atoms with Gasteiger partial charge in [-0.05, 0) is 13.8 Å². The van der Waals surface area contributed by atoms with Gasteiger partial charge in [-0.25, -0.2) is 0 Å². The summed E-state index contributed by atoms with van der Waals surface area (Å²) in [7, 11) is 1.60. The van der Waals surface area contributed by atoms with Crippen LogP contribution in [-0.2, 0) is 19.1 Å². The smallest absolute Gasteiger partial charge is 0.313 e. The molecule has 0 aromatic heterocycles. The molecular weight excluding hydrogens is 172 g/mol. The van der Waals surface area contributed by atoms with Gasteiger partial charge in [0.05, 0.1) is 12.7 Å². The van der Waals surface area contributed by atoms with Crippen LogP contribution in [0.15, 0.2) is 0 Å². The standard InChI is InChI=1S/C9H16O4/c1-7(10)6-9(11)13-5-4-8(2)12-3/h8H,4-6H2,1-3H3. The summed E-state index contributed by atoms with van der Waals surface area (Å²) in [6.07, 6.45) is 0.590. The number of hydrogen-bond acceptors (Lipinski definition) is 4. The molecule has 1 unspecified atom stereocenters. The Balaban J connectivity index is 3.42. The minimum Gasteiger partial charge on any atom is -0.465 e. The van der Waals surface area contributed by atoms with E-state index >= 15 is 0 Å².